The zero-order valence-corrected chi connectivity index (χ0v) is 14.7. The fraction of sp³-hybridized carbons (Fsp3) is 0.632. The van der Waals surface area contributed by atoms with Crippen LogP contribution in [0.5, 0.6) is 0 Å². The summed E-state index contributed by atoms with van der Waals surface area (Å²) in [6.45, 7) is 4.76. The smallest absolute Gasteiger partial charge is 0.424 e. The molecule has 1 atom stereocenters. The lowest BCUT2D eigenvalue weighted by atomic mass is 9.72. The van der Waals surface area contributed by atoms with Crippen molar-refractivity contribution in [3.05, 3.63) is 35.9 Å². The molecule has 1 amide bonds. The predicted octanol–water partition coefficient (Wildman–Crippen LogP) is 4.51. The summed E-state index contributed by atoms with van der Waals surface area (Å²) in [7, 11) is 1.78. The van der Waals surface area contributed by atoms with Crippen molar-refractivity contribution in [2.24, 2.45) is 5.41 Å². The molecule has 4 nitrogen and oxygen atoms in total. The molecule has 1 aliphatic rings. The molecule has 1 aromatic carbocycles. The van der Waals surface area contributed by atoms with Gasteiger partial charge in [-0.1, -0.05) is 56.5 Å². The molecule has 4 heteroatoms. The van der Waals surface area contributed by atoms with Crippen LogP contribution in [-0.2, 0) is 11.3 Å². The number of carbonyl (C=O) groups is 1. The number of benzene rings is 1. The number of hydrogen-bond acceptors (Lipinski definition) is 3. The third-order valence-electron chi connectivity index (χ3n) is 4.93. The van der Waals surface area contributed by atoms with Crippen molar-refractivity contribution in [1.82, 2.24) is 10.4 Å². The molecule has 1 unspecified atom stereocenters. The molecule has 0 bridgehead atoms. The van der Waals surface area contributed by atoms with E-state index in [4.69, 9.17) is 4.74 Å². The number of ether oxygens (including phenoxy) is 1. The molecule has 0 radical (unpaired) electrons. The standard InChI is InChI=1S/C19H30N2O2/c1-16(14-19(2)12-8-5-9-13-19)21(20-3)18(22)23-15-17-10-6-4-7-11-17/h4,6-7,10-11,16,20H,5,8-9,12-15H2,1-3H3. The highest BCUT2D eigenvalue weighted by Crippen LogP contribution is 2.40. The zero-order valence-electron chi connectivity index (χ0n) is 14.7. The normalized spacial score (nSPS) is 18.2. The molecule has 128 valence electrons. The lowest BCUT2D eigenvalue weighted by molar-refractivity contribution is 0.0467. The van der Waals surface area contributed by atoms with Crippen molar-refractivity contribution in [3.8, 4) is 0 Å². The first-order valence-electron chi connectivity index (χ1n) is 8.71. The van der Waals surface area contributed by atoms with E-state index >= 15 is 0 Å². The molecule has 0 aromatic heterocycles. The molecule has 0 spiro atoms. The van der Waals surface area contributed by atoms with Crippen molar-refractivity contribution in [3.63, 3.8) is 0 Å². The van der Waals surface area contributed by atoms with Crippen LogP contribution < -0.4 is 5.43 Å². The van der Waals surface area contributed by atoms with Gasteiger partial charge in [0.25, 0.3) is 0 Å². The molecule has 23 heavy (non-hydrogen) atoms. The van der Waals surface area contributed by atoms with E-state index in [1.807, 2.05) is 30.3 Å². The van der Waals surface area contributed by atoms with Crippen molar-refractivity contribution in [2.75, 3.05) is 7.05 Å². The van der Waals surface area contributed by atoms with Crippen LogP contribution in [0, 0.1) is 5.41 Å². The summed E-state index contributed by atoms with van der Waals surface area (Å²) >= 11 is 0. The van der Waals surface area contributed by atoms with Crippen LogP contribution in [0.3, 0.4) is 0 Å². The van der Waals surface area contributed by atoms with Crippen LogP contribution in [0.1, 0.15) is 57.9 Å². The second-order valence-electron chi connectivity index (χ2n) is 7.06. The molecular formula is C19H30N2O2. The van der Waals surface area contributed by atoms with Crippen LogP contribution in [0.2, 0.25) is 0 Å². The van der Waals surface area contributed by atoms with E-state index in [-0.39, 0.29) is 12.1 Å². The second kappa shape index (κ2) is 8.34. The Morgan fingerprint density at radius 1 is 1.26 bits per heavy atom. The molecular weight excluding hydrogens is 288 g/mol. The van der Waals surface area contributed by atoms with Gasteiger partial charge in [-0.3, -0.25) is 0 Å². The third kappa shape index (κ3) is 5.24. The Bertz CT molecular complexity index is 483. The minimum absolute atomic E-state index is 0.117. The van der Waals surface area contributed by atoms with Crippen molar-refractivity contribution >= 4 is 6.09 Å². The van der Waals surface area contributed by atoms with E-state index in [0.717, 1.165) is 12.0 Å². The molecule has 1 aliphatic carbocycles. The van der Waals surface area contributed by atoms with Gasteiger partial charge in [0.1, 0.15) is 6.61 Å². The van der Waals surface area contributed by atoms with E-state index in [1.54, 1.807) is 12.1 Å². The van der Waals surface area contributed by atoms with Gasteiger partial charge in [-0.2, -0.15) is 0 Å². The lowest BCUT2D eigenvalue weighted by Gasteiger charge is -2.38. The number of nitrogens with one attached hydrogen (secondary N) is 1. The Kier molecular flexibility index (Phi) is 6.46. The Morgan fingerprint density at radius 3 is 2.52 bits per heavy atom. The van der Waals surface area contributed by atoms with Gasteiger partial charge in [0.05, 0.1) is 0 Å². The fourth-order valence-corrected chi connectivity index (χ4v) is 3.69. The zero-order chi connectivity index (χ0) is 16.7. The Morgan fingerprint density at radius 2 is 1.91 bits per heavy atom. The maximum atomic E-state index is 12.4. The molecule has 1 saturated carbocycles. The van der Waals surface area contributed by atoms with Crippen molar-refractivity contribution < 1.29 is 9.53 Å². The van der Waals surface area contributed by atoms with Gasteiger partial charge < -0.3 is 4.74 Å². The highest BCUT2D eigenvalue weighted by Gasteiger charge is 2.32. The molecule has 1 fully saturated rings. The van der Waals surface area contributed by atoms with Gasteiger partial charge in [-0.05, 0) is 37.2 Å². The van der Waals surface area contributed by atoms with Gasteiger partial charge in [0, 0.05) is 13.1 Å². The first-order valence-corrected chi connectivity index (χ1v) is 8.71. The molecule has 0 heterocycles. The van der Waals surface area contributed by atoms with E-state index in [2.05, 4.69) is 19.3 Å². The summed E-state index contributed by atoms with van der Waals surface area (Å²) in [4.78, 5) is 12.4. The second-order valence-corrected chi connectivity index (χ2v) is 7.06. The van der Waals surface area contributed by atoms with Crippen LogP contribution in [-0.4, -0.2) is 24.2 Å². The summed E-state index contributed by atoms with van der Waals surface area (Å²) in [5.41, 5.74) is 4.35. The maximum absolute atomic E-state index is 12.4. The van der Waals surface area contributed by atoms with E-state index in [0.29, 0.717) is 12.0 Å². The van der Waals surface area contributed by atoms with E-state index in [9.17, 15) is 4.79 Å². The van der Waals surface area contributed by atoms with Gasteiger partial charge in [0.15, 0.2) is 0 Å². The van der Waals surface area contributed by atoms with Gasteiger partial charge in [-0.15, -0.1) is 0 Å². The Hall–Kier alpha value is -1.55. The first-order chi connectivity index (χ1) is 11.0. The SMILES string of the molecule is CNN(C(=O)OCc1ccccc1)C(C)CC1(C)CCCCC1. The average Bonchev–Trinajstić information content (AvgIpc) is 2.54. The van der Waals surface area contributed by atoms with Crippen molar-refractivity contribution in [1.29, 1.82) is 0 Å². The predicted molar refractivity (Wildman–Crippen MR) is 92.8 cm³/mol. The summed E-state index contributed by atoms with van der Waals surface area (Å²) in [5, 5.41) is 1.63. The largest absolute Gasteiger partial charge is 0.444 e. The first kappa shape index (κ1) is 17.8. The maximum Gasteiger partial charge on any atom is 0.424 e. The summed E-state index contributed by atoms with van der Waals surface area (Å²) < 4.78 is 5.45. The fourth-order valence-electron chi connectivity index (χ4n) is 3.69. The summed E-state index contributed by atoms with van der Waals surface area (Å²) in [5.74, 6) is 0. The number of rotatable bonds is 6. The van der Waals surface area contributed by atoms with Crippen LogP contribution >= 0.6 is 0 Å². The average molecular weight is 318 g/mol. The van der Waals surface area contributed by atoms with Gasteiger partial charge in [-0.25, -0.2) is 15.2 Å². The molecule has 1 aromatic rings. The number of carbonyl (C=O) groups excluding carboxylic acids is 1. The summed E-state index contributed by atoms with van der Waals surface area (Å²) in [6, 6.07) is 9.90. The van der Waals surface area contributed by atoms with Crippen LogP contribution in [0.15, 0.2) is 30.3 Å². The molecule has 0 saturated heterocycles. The van der Waals surface area contributed by atoms with Crippen molar-refractivity contribution in [2.45, 2.75) is 65.0 Å². The van der Waals surface area contributed by atoms with E-state index in [1.165, 1.54) is 32.1 Å². The number of amides is 1. The lowest BCUT2D eigenvalue weighted by Crippen LogP contribution is -2.48. The topological polar surface area (TPSA) is 41.6 Å². The monoisotopic (exact) mass is 318 g/mol. The minimum Gasteiger partial charge on any atom is -0.444 e. The highest BCUT2D eigenvalue weighted by molar-refractivity contribution is 5.67. The summed E-state index contributed by atoms with van der Waals surface area (Å²) in [6.07, 6.45) is 7.18. The van der Waals surface area contributed by atoms with Crippen LogP contribution in [0.4, 0.5) is 4.79 Å². The number of hydrazine groups is 1. The number of nitrogens with zero attached hydrogens (tertiary/aromatic N) is 1. The van der Waals surface area contributed by atoms with E-state index < -0.39 is 0 Å². The highest BCUT2D eigenvalue weighted by atomic mass is 16.6. The molecule has 1 N–H and O–H groups in total. The number of hydrogen-bond donors (Lipinski definition) is 1. The van der Waals surface area contributed by atoms with Crippen LogP contribution in [0.25, 0.3) is 0 Å². The quantitative estimate of drug-likeness (QED) is 0.785. The molecule has 2 rings (SSSR count). The Labute approximate surface area is 140 Å². The minimum atomic E-state index is -0.303. The van der Waals surface area contributed by atoms with Gasteiger partial charge in [0.2, 0.25) is 0 Å². The Balaban J connectivity index is 1.88. The third-order valence-corrected chi connectivity index (χ3v) is 4.93. The van der Waals surface area contributed by atoms with Gasteiger partial charge >= 0.3 is 6.09 Å². The molecule has 0 aliphatic heterocycles.